The summed E-state index contributed by atoms with van der Waals surface area (Å²) < 4.78 is 24.7. The Morgan fingerprint density at radius 3 is 2.53 bits per heavy atom. The maximum absolute atomic E-state index is 11.9. The first-order chi connectivity index (χ1) is 7.75. The number of rotatable bonds is 5. The Labute approximate surface area is 103 Å². The number of sulfone groups is 1. The Balaban J connectivity index is 3.26. The fourth-order valence-corrected chi connectivity index (χ4v) is 2.58. The van der Waals surface area contributed by atoms with E-state index in [1.165, 1.54) is 6.26 Å². The summed E-state index contributed by atoms with van der Waals surface area (Å²) >= 11 is 0. The fraction of sp³-hybridized carbons (Fsp3) is 0.727. The quantitative estimate of drug-likeness (QED) is 0.856. The predicted molar refractivity (Wildman–Crippen MR) is 68.6 cm³/mol. The van der Waals surface area contributed by atoms with E-state index in [0.717, 1.165) is 12.2 Å². The van der Waals surface area contributed by atoms with E-state index in [-0.39, 0.29) is 6.04 Å². The topological polar surface area (TPSA) is 64.0 Å². The molecule has 1 N–H and O–H groups in total. The molecule has 0 aliphatic heterocycles. The first-order valence-electron chi connectivity index (χ1n) is 5.64. The number of nitrogens with zero attached hydrogens (tertiary/aromatic N) is 2. The molecule has 17 heavy (non-hydrogen) atoms. The summed E-state index contributed by atoms with van der Waals surface area (Å²) in [5.41, 5.74) is 0.894. The molecule has 1 atom stereocenters. The van der Waals surface area contributed by atoms with Gasteiger partial charge in [-0.15, -0.1) is 0 Å². The molecule has 0 spiro atoms. The second kappa shape index (κ2) is 4.78. The highest BCUT2D eigenvalue weighted by Gasteiger charge is 2.40. The lowest BCUT2D eigenvalue weighted by atomic mass is 10.00. The second-order valence-corrected chi connectivity index (χ2v) is 7.27. The van der Waals surface area contributed by atoms with E-state index >= 15 is 0 Å². The maximum Gasteiger partial charge on any atom is 0.154 e. The summed E-state index contributed by atoms with van der Waals surface area (Å²) in [4.78, 5) is 0. The van der Waals surface area contributed by atoms with Crippen LogP contribution in [0, 0.1) is 0 Å². The number of hydrogen-bond acceptors (Lipinski definition) is 4. The molecule has 1 heterocycles. The normalized spacial score (nSPS) is 14.9. The number of nitrogens with one attached hydrogen (secondary N) is 1. The molecule has 0 saturated carbocycles. The number of hydrogen-bond donors (Lipinski definition) is 1. The molecule has 5 nitrogen and oxygen atoms in total. The van der Waals surface area contributed by atoms with Gasteiger partial charge < -0.3 is 5.32 Å². The molecule has 0 fully saturated rings. The lowest BCUT2D eigenvalue weighted by molar-refractivity contribution is 0.417. The number of aryl methyl sites for hydroxylation is 1. The summed E-state index contributed by atoms with van der Waals surface area (Å²) in [6, 6.07) is 1.58. The second-order valence-electron chi connectivity index (χ2n) is 4.67. The molecule has 0 aliphatic carbocycles. The van der Waals surface area contributed by atoms with Crippen LogP contribution in [-0.4, -0.2) is 36.2 Å². The summed E-state index contributed by atoms with van der Waals surface area (Å²) in [5, 5.41) is 7.27. The van der Waals surface area contributed by atoms with Gasteiger partial charge in [-0.25, -0.2) is 8.42 Å². The average Bonchev–Trinajstić information content (AvgIpc) is 2.64. The first-order valence-corrected chi connectivity index (χ1v) is 7.53. The van der Waals surface area contributed by atoms with Gasteiger partial charge >= 0.3 is 0 Å². The highest BCUT2D eigenvalue weighted by molar-refractivity contribution is 7.92. The lowest BCUT2D eigenvalue weighted by Gasteiger charge is -2.32. The van der Waals surface area contributed by atoms with Crippen molar-refractivity contribution in [1.29, 1.82) is 0 Å². The van der Waals surface area contributed by atoms with Crippen LogP contribution in [-0.2, 0) is 16.4 Å². The van der Waals surface area contributed by atoms with Crippen LogP contribution in [0.1, 0.15) is 32.5 Å². The van der Waals surface area contributed by atoms with Crippen molar-refractivity contribution in [2.75, 3.05) is 13.3 Å². The highest BCUT2D eigenvalue weighted by Crippen LogP contribution is 2.31. The van der Waals surface area contributed by atoms with Gasteiger partial charge in [0.05, 0.1) is 16.5 Å². The molecule has 0 radical (unpaired) electrons. The molecule has 1 unspecified atom stereocenters. The number of aromatic nitrogens is 2. The molecule has 0 aromatic carbocycles. The van der Waals surface area contributed by atoms with Crippen LogP contribution in [0.25, 0.3) is 0 Å². The van der Waals surface area contributed by atoms with Gasteiger partial charge in [-0.05, 0) is 33.9 Å². The van der Waals surface area contributed by atoms with Crippen molar-refractivity contribution in [2.45, 2.75) is 38.1 Å². The van der Waals surface area contributed by atoms with Crippen molar-refractivity contribution in [1.82, 2.24) is 15.1 Å². The van der Waals surface area contributed by atoms with Crippen molar-refractivity contribution in [2.24, 2.45) is 0 Å². The maximum atomic E-state index is 11.9. The SMILES string of the molecule is CCn1nccc1C(NC)C(C)(C)S(C)(=O)=O. The van der Waals surface area contributed by atoms with E-state index in [9.17, 15) is 8.42 Å². The van der Waals surface area contributed by atoms with E-state index in [0.29, 0.717) is 0 Å². The zero-order valence-electron chi connectivity index (χ0n) is 11.1. The van der Waals surface area contributed by atoms with Crippen LogP contribution in [0.2, 0.25) is 0 Å². The summed E-state index contributed by atoms with van der Waals surface area (Å²) in [5.74, 6) is 0. The van der Waals surface area contributed by atoms with Crippen LogP contribution in [0.5, 0.6) is 0 Å². The third-order valence-electron chi connectivity index (χ3n) is 3.28. The molecular formula is C11H21N3O2S. The molecule has 0 amide bonds. The fourth-order valence-electron chi connectivity index (χ4n) is 1.92. The minimum Gasteiger partial charge on any atom is -0.310 e. The third kappa shape index (κ3) is 2.52. The van der Waals surface area contributed by atoms with Crippen molar-refractivity contribution in [3.63, 3.8) is 0 Å². The Bertz CT molecular complexity index is 477. The van der Waals surface area contributed by atoms with Crippen molar-refractivity contribution >= 4 is 9.84 Å². The van der Waals surface area contributed by atoms with Crippen molar-refractivity contribution < 1.29 is 8.42 Å². The van der Waals surface area contributed by atoms with Gasteiger partial charge in [0.1, 0.15) is 0 Å². The summed E-state index contributed by atoms with van der Waals surface area (Å²) in [7, 11) is -1.40. The Kier molecular flexibility index (Phi) is 3.99. The van der Waals surface area contributed by atoms with E-state index in [1.807, 2.05) is 17.7 Å². The monoisotopic (exact) mass is 259 g/mol. The van der Waals surface area contributed by atoms with Crippen molar-refractivity contribution in [3.8, 4) is 0 Å². The van der Waals surface area contributed by atoms with Gasteiger partial charge in [-0.2, -0.15) is 5.10 Å². The van der Waals surface area contributed by atoms with Gasteiger partial charge in [0.2, 0.25) is 0 Å². The van der Waals surface area contributed by atoms with Gasteiger partial charge in [0, 0.05) is 19.0 Å². The van der Waals surface area contributed by atoms with E-state index in [2.05, 4.69) is 10.4 Å². The standard InChI is InChI=1S/C11H21N3O2S/c1-6-14-9(7-8-13-14)10(12-4)11(2,3)17(5,15)16/h7-8,10,12H,6H2,1-5H3. The Hall–Kier alpha value is -0.880. The van der Waals surface area contributed by atoms with E-state index in [4.69, 9.17) is 0 Å². The van der Waals surface area contributed by atoms with Gasteiger partial charge in [-0.1, -0.05) is 0 Å². The molecule has 98 valence electrons. The predicted octanol–water partition coefficient (Wildman–Crippen LogP) is 0.987. The van der Waals surface area contributed by atoms with E-state index < -0.39 is 14.6 Å². The molecule has 1 aromatic heterocycles. The molecular weight excluding hydrogens is 238 g/mol. The average molecular weight is 259 g/mol. The lowest BCUT2D eigenvalue weighted by Crippen LogP contribution is -2.44. The highest BCUT2D eigenvalue weighted by atomic mass is 32.2. The van der Waals surface area contributed by atoms with Crippen LogP contribution in [0.15, 0.2) is 12.3 Å². The minimum absolute atomic E-state index is 0.278. The zero-order chi connectivity index (χ0) is 13.3. The van der Waals surface area contributed by atoms with Crippen LogP contribution >= 0.6 is 0 Å². The van der Waals surface area contributed by atoms with Crippen molar-refractivity contribution in [3.05, 3.63) is 18.0 Å². The molecule has 0 bridgehead atoms. The first kappa shape index (κ1) is 14.2. The Morgan fingerprint density at radius 2 is 2.12 bits per heavy atom. The molecule has 0 aliphatic rings. The third-order valence-corrected chi connectivity index (χ3v) is 5.43. The van der Waals surface area contributed by atoms with Crippen LogP contribution in [0.3, 0.4) is 0 Å². The van der Waals surface area contributed by atoms with Gasteiger partial charge in [-0.3, -0.25) is 4.68 Å². The summed E-state index contributed by atoms with van der Waals surface area (Å²) in [6.07, 6.45) is 2.96. The van der Waals surface area contributed by atoms with Crippen LogP contribution < -0.4 is 5.32 Å². The van der Waals surface area contributed by atoms with Gasteiger partial charge in [0.15, 0.2) is 9.84 Å². The van der Waals surface area contributed by atoms with E-state index in [1.54, 1.807) is 27.1 Å². The molecule has 1 rings (SSSR count). The minimum atomic E-state index is -3.17. The Morgan fingerprint density at radius 1 is 1.53 bits per heavy atom. The molecule has 6 heteroatoms. The smallest absolute Gasteiger partial charge is 0.154 e. The molecule has 0 saturated heterocycles. The largest absolute Gasteiger partial charge is 0.310 e. The van der Waals surface area contributed by atoms with Gasteiger partial charge in [0.25, 0.3) is 0 Å². The zero-order valence-corrected chi connectivity index (χ0v) is 11.9. The summed E-state index contributed by atoms with van der Waals surface area (Å²) in [6.45, 7) is 6.17. The molecule has 1 aromatic rings. The van der Waals surface area contributed by atoms with Crippen LogP contribution in [0.4, 0.5) is 0 Å².